The Morgan fingerprint density at radius 2 is 1.92 bits per heavy atom. The molecule has 8 heteroatoms. The largest absolute Gasteiger partial charge is 0.448 e. The Labute approximate surface area is 137 Å². The normalized spacial score (nSPS) is 18.1. The molecule has 0 atom stereocenters. The molecule has 132 valence electrons. The van der Waals surface area contributed by atoms with Crippen LogP contribution in [-0.2, 0) is 9.53 Å². The molecule has 1 N–H and O–H groups in total. The van der Waals surface area contributed by atoms with E-state index in [1.165, 1.54) is 0 Å². The number of hydrogen-bond acceptors (Lipinski definition) is 4. The zero-order valence-corrected chi connectivity index (χ0v) is 12.9. The van der Waals surface area contributed by atoms with Crippen molar-refractivity contribution < 1.29 is 32.2 Å². The fourth-order valence-electron chi connectivity index (χ4n) is 2.87. The van der Waals surface area contributed by atoms with Gasteiger partial charge in [0.25, 0.3) is 5.79 Å². The number of carbonyl (C=O) groups is 1. The molecule has 2 aliphatic rings. The number of rotatable bonds is 5. The topological polar surface area (TPSA) is 56.8 Å². The van der Waals surface area contributed by atoms with E-state index in [-0.39, 0.29) is 13.0 Å². The van der Waals surface area contributed by atoms with Crippen LogP contribution in [0.3, 0.4) is 0 Å². The monoisotopic (exact) mass is 345 g/mol. The minimum Gasteiger partial charge on any atom is -0.448 e. The van der Waals surface area contributed by atoms with Crippen LogP contribution in [0, 0.1) is 0 Å². The number of anilines is 1. The Morgan fingerprint density at radius 3 is 2.62 bits per heavy atom. The molecule has 1 aliphatic carbocycles. The fourth-order valence-corrected chi connectivity index (χ4v) is 2.87. The lowest BCUT2D eigenvalue weighted by Crippen LogP contribution is -2.34. The number of amides is 1. The van der Waals surface area contributed by atoms with Crippen molar-refractivity contribution in [3.05, 3.63) is 18.2 Å². The first kappa shape index (κ1) is 16.9. The summed E-state index contributed by atoms with van der Waals surface area (Å²) < 4.78 is 52.0. The summed E-state index contributed by atoms with van der Waals surface area (Å²) in [5, 5.41) is 2.61. The first-order chi connectivity index (χ1) is 11.4. The lowest BCUT2D eigenvalue weighted by Gasteiger charge is -2.21. The molecule has 1 spiro atoms. The van der Waals surface area contributed by atoms with Gasteiger partial charge in [0.1, 0.15) is 6.61 Å². The average molecular weight is 345 g/mol. The number of alkyl halides is 3. The van der Waals surface area contributed by atoms with Crippen molar-refractivity contribution in [1.82, 2.24) is 0 Å². The smallest absolute Gasteiger partial charge is 0.411 e. The summed E-state index contributed by atoms with van der Waals surface area (Å²) in [7, 11) is 0. The summed E-state index contributed by atoms with van der Waals surface area (Å²) in [6, 6.07) is 5.06. The third kappa shape index (κ3) is 4.11. The van der Waals surface area contributed by atoms with Crippen LogP contribution in [0.4, 0.5) is 18.9 Å². The summed E-state index contributed by atoms with van der Waals surface area (Å²) >= 11 is 0. The molecule has 5 nitrogen and oxygen atoms in total. The van der Waals surface area contributed by atoms with E-state index in [0.29, 0.717) is 17.2 Å². The minimum absolute atomic E-state index is 0.158. The van der Waals surface area contributed by atoms with Crippen LogP contribution in [0.25, 0.3) is 0 Å². The number of fused-ring (bicyclic) bond motifs is 1. The standard InChI is InChI=1S/C16H18F3NO4/c17-16(18,19)10-22-8-5-14(21)20-11-3-4-12-13(9-11)24-15(23-12)6-1-2-7-15/h3-4,9H,1-2,5-8,10H2,(H,20,21). The van der Waals surface area contributed by atoms with Gasteiger partial charge in [0.15, 0.2) is 11.5 Å². The molecule has 1 aromatic rings. The molecule has 1 heterocycles. The van der Waals surface area contributed by atoms with Gasteiger partial charge in [0, 0.05) is 24.6 Å². The highest BCUT2D eigenvalue weighted by Crippen LogP contribution is 2.47. The molecular formula is C16H18F3NO4. The van der Waals surface area contributed by atoms with Crippen molar-refractivity contribution >= 4 is 11.6 Å². The molecule has 1 aliphatic heterocycles. The molecule has 24 heavy (non-hydrogen) atoms. The van der Waals surface area contributed by atoms with Crippen molar-refractivity contribution in [3.63, 3.8) is 0 Å². The van der Waals surface area contributed by atoms with Gasteiger partial charge in [0.2, 0.25) is 5.91 Å². The Bertz CT molecular complexity index is 612. The van der Waals surface area contributed by atoms with Gasteiger partial charge in [0.05, 0.1) is 13.0 Å². The molecule has 1 saturated carbocycles. The molecule has 1 amide bonds. The van der Waals surface area contributed by atoms with Crippen LogP contribution in [0.1, 0.15) is 32.1 Å². The Balaban J connectivity index is 1.49. The Hall–Kier alpha value is -1.96. The Kier molecular flexibility index (Phi) is 4.58. The van der Waals surface area contributed by atoms with Crippen LogP contribution in [0.2, 0.25) is 0 Å². The van der Waals surface area contributed by atoms with E-state index < -0.39 is 24.5 Å². The second-order valence-electron chi connectivity index (χ2n) is 5.95. The van der Waals surface area contributed by atoms with E-state index in [1.807, 2.05) is 0 Å². The highest BCUT2D eigenvalue weighted by Gasteiger charge is 2.44. The van der Waals surface area contributed by atoms with Crippen molar-refractivity contribution in [1.29, 1.82) is 0 Å². The number of hydrogen-bond donors (Lipinski definition) is 1. The van der Waals surface area contributed by atoms with Gasteiger partial charge < -0.3 is 19.5 Å². The van der Waals surface area contributed by atoms with Crippen LogP contribution < -0.4 is 14.8 Å². The maximum atomic E-state index is 11.9. The molecule has 0 saturated heterocycles. The van der Waals surface area contributed by atoms with E-state index in [0.717, 1.165) is 25.7 Å². The van der Waals surface area contributed by atoms with Gasteiger partial charge in [-0.15, -0.1) is 0 Å². The second kappa shape index (κ2) is 6.51. The molecule has 3 rings (SSSR count). The maximum absolute atomic E-state index is 11.9. The van der Waals surface area contributed by atoms with Crippen LogP contribution in [-0.4, -0.2) is 31.1 Å². The zero-order valence-electron chi connectivity index (χ0n) is 12.9. The summed E-state index contributed by atoms with van der Waals surface area (Å²) in [5.74, 6) is 0.217. The van der Waals surface area contributed by atoms with E-state index in [2.05, 4.69) is 10.1 Å². The number of carbonyl (C=O) groups excluding carboxylic acids is 1. The van der Waals surface area contributed by atoms with Crippen LogP contribution in [0.15, 0.2) is 18.2 Å². The van der Waals surface area contributed by atoms with E-state index in [1.54, 1.807) is 18.2 Å². The zero-order chi connectivity index (χ0) is 17.2. The van der Waals surface area contributed by atoms with Crippen LogP contribution >= 0.6 is 0 Å². The van der Waals surface area contributed by atoms with Gasteiger partial charge in [-0.25, -0.2) is 0 Å². The molecule has 0 aromatic heterocycles. The first-order valence-electron chi connectivity index (χ1n) is 7.82. The fraction of sp³-hybridized carbons (Fsp3) is 0.562. The summed E-state index contributed by atoms with van der Waals surface area (Å²) in [6.45, 7) is -1.65. The quantitative estimate of drug-likeness (QED) is 0.828. The molecule has 1 aromatic carbocycles. The number of nitrogens with one attached hydrogen (secondary N) is 1. The van der Waals surface area contributed by atoms with Gasteiger partial charge in [-0.3, -0.25) is 4.79 Å². The van der Waals surface area contributed by atoms with Crippen molar-refractivity contribution in [2.75, 3.05) is 18.5 Å². The summed E-state index contributed by atoms with van der Waals surface area (Å²) in [4.78, 5) is 11.7. The lowest BCUT2D eigenvalue weighted by atomic mass is 10.2. The molecule has 1 fully saturated rings. The second-order valence-corrected chi connectivity index (χ2v) is 5.95. The third-order valence-electron chi connectivity index (χ3n) is 3.92. The van der Waals surface area contributed by atoms with Gasteiger partial charge in [-0.2, -0.15) is 13.2 Å². The SMILES string of the molecule is O=C(CCOCC(F)(F)F)Nc1ccc2c(c1)OC1(CCCC1)O2. The predicted molar refractivity (Wildman–Crippen MR) is 79.0 cm³/mol. The highest BCUT2D eigenvalue weighted by molar-refractivity contribution is 5.91. The molecule has 0 unspecified atom stereocenters. The van der Waals surface area contributed by atoms with Crippen molar-refractivity contribution in [3.8, 4) is 11.5 Å². The van der Waals surface area contributed by atoms with E-state index in [4.69, 9.17) is 9.47 Å². The average Bonchev–Trinajstić information content (AvgIpc) is 3.09. The van der Waals surface area contributed by atoms with E-state index >= 15 is 0 Å². The lowest BCUT2D eigenvalue weighted by molar-refractivity contribution is -0.174. The third-order valence-corrected chi connectivity index (χ3v) is 3.92. The molecule has 0 bridgehead atoms. The molecule has 0 radical (unpaired) electrons. The first-order valence-corrected chi connectivity index (χ1v) is 7.82. The number of halogens is 3. The van der Waals surface area contributed by atoms with Gasteiger partial charge >= 0.3 is 6.18 Å². The number of ether oxygens (including phenoxy) is 3. The Morgan fingerprint density at radius 1 is 1.21 bits per heavy atom. The maximum Gasteiger partial charge on any atom is 0.411 e. The summed E-state index contributed by atoms with van der Waals surface area (Å²) in [5.41, 5.74) is 0.508. The predicted octanol–water partition coefficient (Wildman–Crippen LogP) is 3.64. The highest BCUT2D eigenvalue weighted by atomic mass is 19.4. The minimum atomic E-state index is -4.38. The van der Waals surface area contributed by atoms with Gasteiger partial charge in [-0.1, -0.05) is 0 Å². The van der Waals surface area contributed by atoms with E-state index in [9.17, 15) is 18.0 Å². The summed E-state index contributed by atoms with van der Waals surface area (Å²) in [6.07, 6.45) is -0.775. The van der Waals surface area contributed by atoms with Crippen molar-refractivity contribution in [2.24, 2.45) is 0 Å². The molecular weight excluding hydrogens is 327 g/mol. The van der Waals surface area contributed by atoms with Gasteiger partial charge in [-0.05, 0) is 25.0 Å². The number of benzene rings is 1. The van der Waals surface area contributed by atoms with Crippen molar-refractivity contribution in [2.45, 2.75) is 44.1 Å². The van der Waals surface area contributed by atoms with Crippen LogP contribution in [0.5, 0.6) is 11.5 Å².